The Morgan fingerprint density at radius 3 is 2.82 bits per heavy atom. The molecule has 1 aliphatic rings. The summed E-state index contributed by atoms with van der Waals surface area (Å²) in [4.78, 5) is 49.1. The van der Waals surface area contributed by atoms with Gasteiger partial charge in [-0.25, -0.2) is 4.98 Å². The highest BCUT2D eigenvalue weighted by Crippen LogP contribution is 2.29. The molecule has 1 atom stereocenters. The van der Waals surface area contributed by atoms with Gasteiger partial charge >= 0.3 is 0 Å². The Kier molecular flexibility index (Phi) is 6.97. The van der Waals surface area contributed by atoms with E-state index >= 15 is 0 Å². The lowest BCUT2D eigenvalue weighted by Gasteiger charge is -2.32. The zero-order chi connectivity index (χ0) is 24.4. The number of nitrogens with zero attached hydrogens (tertiary/aromatic N) is 4. The smallest absolute Gasteiger partial charge is 0.273 e. The van der Waals surface area contributed by atoms with Crippen LogP contribution in [0.1, 0.15) is 37.8 Å². The third kappa shape index (κ3) is 5.11. The number of aromatic nitrogens is 3. The lowest BCUT2D eigenvalue weighted by Crippen LogP contribution is -2.44. The Morgan fingerprint density at radius 1 is 1.26 bits per heavy atom. The molecule has 1 aromatic carbocycles. The van der Waals surface area contributed by atoms with Crippen LogP contribution in [0, 0.1) is 19.8 Å². The first kappa shape index (κ1) is 23.9. The first-order valence-electron chi connectivity index (χ1n) is 11.5. The summed E-state index contributed by atoms with van der Waals surface area (Å²) in [6.07, 6.45) is 3.08. The molecule has 4 rings (SSSR count). The Morgan fingerprint density at radius 2 is 2.06 bits per heavy atom. The van der Waals surface area contributed by atoms with Crippen LogP contribution in [0.5, 0.6) is 0 Å². The van der Waals surface area contributed by atoms with Gasteiger partial charge in [0.25, 0.3) is 5.56 Å². The number of hydrogen-bond donors (Lipinski definition) is 2. The van der Waals surface area contributed by atoms with Crippen molar-refractivity contribution in [3.05, 3.63) is 46.0 Å². The van der Waals surface area contributed by atoms with Gasteiger partial charge in [-0.2, -0.15) is 4.98 Å². The van der Waals surface area contributed by atoms with Crippen molar-refractivity contribution in [2.24, 2.45) is 5.92 Å². The molecule has 9 nitrogen and oxygen atoms in total. The molecule has 1 fully saturated rings. The van der Waals surface area contributed by atoms with Crippen LogP contribution >= 0.6 is 11.3 Å². The van der Waals surface area contributed by atoms with E-state index in [1.807, 2.05) is 45.9 Å². The summed E-state index contributed by atoms with van der Waals surface area (Å²) < 4.78 is 1.71. The number of piperidine rings is 1. The van der Waals surface area contributed by atoms with Crippen molar-refractivity contribution in [1.82, 2.24) is 19.9 Å². The Hall–Kier alpha value is -3.27. The van der Waals surface area contributed by atoms with Gasteiger partial charge in [0.05, 0.1) is 5.92 Å². The molecule has 10 heteroatoms. The van der Waals surface area contributed by atoms with Crippen LogP contribution in [-0.2, 0) is 16.1 Å². The van der Waals surface area contributed by atoms with E-state index in [4.69, 9.17) is 0 Å². The second-order valence-corrected chi connectivity index (χ2v) is 10.0. The van der Waals surface area contributed by atoms with E-state index in [2.05, 4.69) is 25.5 Å². The number of hydrogen-bond acceptors (Lipinski definition) is 7. The third-order valence-electron chi connectivity index (χ3n) is 6.06. The number of aryl methyl sites for hydroxylation is 1. The van der Waals surface area contributed by atoms with Crippen LogP contribution in [0.2, 0.25) is 0 Å². The number of carbonyl (C=O) groups is 2. The number of anilines is 2. The fourth-order valence-electron chi connectivity index (χ4n) is 4.08. The monoisotopic (exact) mass is 482 g/mol. The Labute approximate surface area is 202 Å². The van der Waals surface area contributed by atoms with Gasteiger partial charge in [0.1, 0.15) is 17.6 Å². The zero-order valence-electron chi connectivity index (χ0n) is 19.9. The predicted molar refractivity (Wildman–Crippen MR) is 134 cm³/mol. The summed E-state index contributed by atoms with van der Waals surface area (Å²) in [5.41, 5.74) is 2.87. The van der Waals surface area contributed by atoms with E-state index in [-0.39, 0.29) is 35.9 Å². The maximum Gasteiger partial charge on any atom is 0.273 e. The van der Waals surface area contributed by atoms with Crippen molar-refractivity contribution < 1.29 is 9.59 Å². The number of benzene rings is 1. The summed E-state index contributed by atoms with van der Waals surface area (Å²) in [5, 5.41) is 6.54. The van der Waals surface area contributed by atoms with E-state index in [9.17, 15) is 14.4 Å². The zero-order valence-corrected chi connectivity index (χ0v) is 20.7. The number of rotatable bonds is 6. The van der Waals surface area contributed by atoms with Crippen LogP contribution in [-0.4, -0.2) is 45.5 Å². The highest BCUT2D eigenvalue weighted by Gasteiger charge is 2.28. The number of nitrogens with one attached hydrogen (secondary N) is 2. The maximum absolute atomic E-state index is 13.1. The SMILES string of the molecule is Cc1cccc(NC(=O)Cn2cnc3nc(N4CCCC(C(=O)NC(C)C)C4)sc3c2=O)c1C. The maximum atomic E-state index is 13.1. The van der Waals surface area contributed by atoms with Crippen LogP contribution in [0.4, 0.5) is 10.8 Å². The van der Waals surface area contributed by atoms with E-state index in [0.717, 1.165) is 36.2 Å². The van der Waals surface area contributed by atoms with Gasteiger partial charge in [0, 0.05) is 24.8 Å². The molecule has 0 spiro atoms. The van der Waals surface area contributed by atoms with E-state index < -0.39 is 0 Å². The van der Waals surface area contributed by atoms with Crippen LogP contribution < -0.4 is 21.1 Å². The van der Waals surface area contributed by atoms with Crippen molar-refractivity contribution >= 4 is 44.3 Å². The molecule has 2 amide bonds. The molecular formula is C24H30N6O3S. The van der Waals surface area contributed by atoms with Gasteiger partial charge in [0.15, 0.2) is 10.8 Å². The van der Waals surface area contributed by atoms with Gasteiger partial charge in [-0.05, 0) is 57.7 Å². The lowest BCUT2D eigenvalue weighted by molar-refractivity contribution is -0.125. The Bertz CT molecular complexity index is 1280. The standard InChI is InChI=1S/C24H30N6O3S/c1-14(2)26-22(32)17-8-6-10-29(11-17)24-28-21-20(34-24)23(33)30(13-25-21)12-19(31)27-18-9-5-7-15(3)16(18)4/h5,7,9,13-14,17H,6,8,10-12H2,1-4H3,(H,26,32)(H,27,31). The van der Waals surface area contributed by atoms with Crippen LogP contribution in [0.3, 0.4) is 0 Å². The third-order valence-corrected chi connectivity index (χ3v) is 7.15. The van der Waals surface area contributed by atoms with Gasteiger partial charge in [0.2, 0.25) is 11.8 Å². The largest absolute Gasteiger partial charge is 0.354 e. The van der Waals surface area contributed by atoms with Crippen LogP contribution in [0.15, 0.2) is 29.3 Å². The minimum Gasteiger partial charge on any atom is -0.354 e. The number of amides is 2. The molecule has 0 saturated carbocycles. The lowest BCUT2D eigenvalue weighted by atomic mass is 9.97. The van der Waals surface area contributed by atoms with Crippen molar-refractivity contribution in [2.75, 3.05) is 23.3 Å². The molecule has 2 aromatic heterocycles. The van der Waals surface area contributed by atoms with E-state index in [1.54, 1.807) is 0 Å². The fraction of sp³-hybridized carbons (Fsp3) is 0.458. The van der Waals surface area contributed by atoms with Crippen molar-refractivity contribution in [1.29, 1.82) is 0 Å². The molecule has 1 saturated heterocycles. The molecule has 180 valence electrons. The summed E-state index contributed by atoms with van der Waals surface area (Å²) in [7, 11) is 0. The molecule has 3 aromatic rings. The topological polar surface area (TPSA) is 109 Å². The van der Waals surface area contributed by atoms with Gasteiger partial charge in [-0.1, -0.05) is 23.5 Å². The average molecular weight is 483 g/mol. The average Bonchev–Trinajstić information content (AvgIpc) is 3.24. The van der Waals surface area contributed by atoms with Crippen LogP contribution in [0.25, 0.3) is 10.3 Å². The summed E-state index contributed by atoms with van der Waals surface area (Å²) in [5.74, 6) is -0.352. The normalized spacial score (nSPS) is 16.1. The first-order chi connectivity index (χ1) is 16.2. The molecule has 0 aliphatic carbocycles. The first-order valence-corrected chi connectivity index (χ1v) is 12.3. The summed E-state index contributed by atoms with van der Waals surface area (Å²) >= 11 is 1.26. The van der Waals surface area contributed by atoms with E-state index in [1.165, 1.54) is 22.2 Å². The van der Waals surface area contributed by atoms with Gasteiger partial charge in [-0.15, -0.1) is 0 Å². The second-order valence-electron chi connectivity index (χ2n) is 9.07. The second kappa shape index (κ2) is 9.92. The molecule has 1 unspecified atom stereocenters. The highest BCUT2D eigenvalue weighted by molar-refractivity contribution is 7.22. The minimum absolute atomic E-state index is 0.0520. The van der Waals surface area contributed by atoms with Gasteiger partial charge in [-0.3, -0.25) is 19.0 Å². The highest BCUT2D eigenvalue weighted by atomic mass is 32.1. The minimum atomic E-state index is -0.295. The quantitative estimate of drug-likeness (QED) is 0.559. The molecule has 2 N–H and O–H groups in total. The number of carbonyl (C=O) groups excluding carboxylic acids is 2. The molecule has 34 heavy (non-hydrogen) atoms. The number of fused-ring (bicyclic) bond motifs is 1. The molecule has 1 aliphatic heterocycles. The summed E-state index contributed by atoms with van der Waals surface area (Å²) in [6, 6.07) is 5.80. The van der Waals surface area contributed by atoms with Crippen molar-refractivity contribution in [2.45, 2.75) is 53.1 Å². The summed E-state index contributed by atoms with van der Waals surface area (Å²) in [6.45, 7) is 9.03. The fourth-order valence-corrected chi connectivity index (χ4v) is 5.09. The van der Waals surface area contributed by atoms with Gasteiger partial charge < -0.3 is 15.5 Å². The number of thiazole rings is 1. The molecular weight excluding hydrogens is 452 g/mol. The van der Waals surface area contributed by atoms with Crippen molar-refractivity contribution in [3.63, 3.8) is 0 Å². The Balaban J connectivity index is 1.50. The van der Waals surface area contributed by atoms with Crippen molar-refractivity contribution in [3.8, 4) is 0 Å². The molecule has 0 radical (unpaired) electrons. The predicted octanol–water partition coefficient (Wildman–Crippen LogP) is 2.85. The van der Waals surface area contributed by atoms with E-state index in [0.29, 0.717) is 22.0 Å². The molecule has 0 bridgehead atoms. The molecule has 3 heterocycles.